The Morgan fingerprint density at radius 2 is 1.96 bits per heavy atom. The first kappa shape index (κ1) is 19.4. The van der Waals surface area contributed by atoms with Gasteiger partial charge < -0.3 is 10.1 Å². The number of amides is 1. The van der Waals surface area contributed by atoms with Gasteiger partial charge in [0, 0.05) is 6.07 Å². The highest BCUT2D eigenvalue weighted by atomic mass is 16.6. The molecule has 0 atom stereocenters. The van der Waals surface area contributed by atoms with E-state index in [1.165, 1.54) is 24.3 Å². The van der Waals surface area contributed by atoms with Crippen molar-refractivity contribution in [2.24, 2.45) is 0 Å². The molecule has 0 aliphatic rings. The van der Waals surface area contributed by atoms with Crippen LogP contribution in [0, 0.1) is 21.4 Å². The molecule has 0 unspecified atom stereocenters. The Labute approximate surface area is 156 Å². The Hall–Kier alpha value is -3.92. The van der Waals surface area contributed by atoms with E-state index in [2.05, 4.69) is 5.32 Å². The molecule has 1 N–H and O–H groups in total. The number of carbonyl (C=O) groups is 1. The predicted octanol–water partition coefficient (Wildman–Crippen LogP) is 4.10. The zero-order valence-electron chi connectivity index (χ0n) is 14.6. The molecular formula is C20H17N3O4. The second kappa shape index (κ2) is 9.53. The quantitative estimate of drug-likeness (QED) is 0.262. The Bertz CT molecular complexity index is 942. The number of nitro groups is 1. The molecule has 136 valence electrons. The summed E-state index contributed by atoms with van der Waals surface area (Å²) < 4.78 is 5.43. The van der Waals surface area contributed by atoms with E-state index in [0.29, 0.717) is 23.6 Å². The van der Waals surface area contributed by atoms with Crippen LogP contribution >= 0.6 is 0 Å². The molecule has 0 saturated carbocycles. The molecular weight excluding hydrogens is 346 g/mol. The highest BCUT2D eigenvalue weighted by Crippen LogP contribution is 2.24. The fourth-order valence-corrected chi connectivity index (χ4v) is 2.25. The van der Waals surface area contributed by atoms with Gasteiger partial charge in [0.2, 0.25) is 0 Å². The van der Waals surface area contributed by atoms with Gasteiger partial charge in [-0.1, -0.05) is 30.3 Å². The van der Waals surface area contributed by atoms with Gasteiger partial charge in [0.05, 0.1) is 22.8 Å². The fourth-order valence-electron chi connectivity index (χ4n) is 2.25. The lowest BCUT2D eigenvalue weighted by atomic mass is 10.1. The maximum atomic E-state index is 12.3. The molecule has 0 spiro atoms. The van der Waals surface area contributed by atoms with E-state index in [9.17, 15) is 20.2 Å². The molecule has 7 heteroatoms. The van der Waals surface area contributed by atoms with Gasteiger partial charge in [-0.15, -0.1) is 0 Å². The molecule has 2 aromatic carbocycles. The first-order chi connectivity index (χ1) is 13.1. The third-order valence-corrected chi connectivity index (χ3v) is 3.47. The van der Waals surface area contributed by atoms with Crippen LogP contribution in [0.15, 0.2) is 66.3 Å². The van der Waals surface area contributed by atoms with Crippen LogP contribution < -0.4 is 10.1 Å². The zero-order chi connectivity index (χ0) is 19.6. The van der Waals surface area contributed by atoms with E-state index in [1.807, 2.05) is 13.0 Å². The van der Waals surface area contributed by atoms with Crippen molar-refractivity contribution in [3.8, 4) is 11.8 Å². The monoisotopic (exact) mass is 363 g/mol. The summed E-state index contributed by atoms with van der Waals surface area (Å²) in [6.45, 7) is 2.26. The smallest absolute Gasteiger partial charge is 0.276 e. The second-order valence-corrected chi connectivity index (χ2v) is 5.25. The lowest BCUT2D eigenvalue weighted by Crippen LogP contribution is -2.14. The number of allylic oxidation sites excluding steroid dienone is 2. The zero-order valence-corrected chi connectivity index (χ0v) is 14.6. The van der Waals surface area contributed by atoms with Crippen LogP contribution in [-0.2, 0) is 4.79 Å². The molecule has 0 radical (unpaired) electrons. The highest BCUT2D eigenvalue weighted by molar-refractivity contribution is 6.07. The number of nitrogens with zero attached hydrogens (tertiary/aromatic N) is 2. The Kier molecular flexibility index (Phi) is 6.85. The molecule has 2 aromatic rings. The second-order valence-electron chi connectivity index (χ2n) is 5.25. The minimum Gasteiger partial charge on any atom is -0.492 e. The van der Waals surface area contributed by atoms with Crippen molar-refractivity contribution in [3.63, 3.8) is 0 Å². The molecule has 7 nitrogen and oxygen atoms in total. The minimum atomic E-state index is -0.600. The summed E-state index contributed by atoms with van der Waals surface area (Å²) in [7, 11) is 0. The van der Waals surface area contributed by atoms with Crippen LogP contribution in [0.5, 0.6) is 5.75 Å². The molecule has 0 aliphatic carbocycles. The standard InChI is InChI=1S/C20H17N3O4/c1-2-27-19-13-6-4-11-17(19)22-20(24)16(14-21)10-7-9-15-8-3-5-12-18(15)23(25)26/h3-13H,2H2,1H3,(H,22,24)/b9-7+,16-10+. The van der Waals surface area contributed by atoms with Gasteiger partial charge in [-0.05, 0) is 37.3 Å². The molecule has 0 heterocycles. The first-order valence-corrected chi connectivity index (χ1v) is 8.12. The number of hydrogen-bond acceptors (Lipinski definition) is 5. The molecule has 2 rings (SSSR count). The topological polar surface area (TPSA) is 105 Å². The summed E-state index contributed by atoms with van der Waals surface area (Å²) in [5.74, 6) is -0.0991. The summed E-state index contributed by atoms with van der Waals surface area (Å²) >= 11 is 0. The van der Waals surface area contributed by atoms with Crippen molar-refractivity contribution >= 4 is 23.4 Å². The Morgan fingerprint density at radius 1 is 1.26 bits per heavy atom. The normalized spacial score (nSPS) is 11.0. The number of para-hydroxylation sites is 3. The first-order valence-electron chi connectivity index (χ1n) is 8.12. The molecule has 0 bridgehead atoms. The fraction of sp³-hybridized carbons (Fsp3) is 0.100. The van der Waals surface area contributed by atoms with E-state index >= 15 is 0 Å². The molecule has 0 aromatic heterocycles. The van der Waals surface area contributed by atoms with Crippen molar-refractivity contribution < 1.29 is 14.5 Å². The third kappa shape index (κ3) is 5.28. The summed E-state index contributed by atoms with van der Waals surface area (Å²) in [6.07, 6.45) is 4.20. The summed E-state index contributed by atoms with van der Waals surface area (Å²) in [4.78, 5) is 22.8. The number of ether oxygens (including phenoxy) is 1. The maximum absolute atomic E-state index is 12.3. The van der Waals surface area contributed by atoms with Gasteiger partial charge in [0.1, 0.15) is 17.4 Å². The summed E-state index contributed by atoms with van der Waals surface area (Å²) in [5.41, 5.74) is 0.623. The van der Waals surface area contributed by atoms with Crippen LogP contribution in [0.3, 0.4) is 0 Å². The summed E-state index contributed by atoms with van der Waals surface area (Å²) in [6, 6.07) is 14.9. The molecule has 27 heavy (non-hydrogen) atoms. The number of nitrogens with one attached hydrogen (secondary N) is 1. The summed E-state index contributed by atoms with van der Waals surface area (Å²) in [5, 5.41) is 22.9. The number of carbonyl (C=O) groups excluding carboxylic acids is 1. The van der Waals surface area contributed by atoms with Gasteiger partial charge in [0.25, 0.3) is 11.6 Å². The minimum absolute atomic E-state index is 0.0595. The number of nitriles is 1. The van der Waals surface area contributed by atoms with Crippen LogP contribution in [0.4, 0.5) is 11.4 Å². The number of benzene rings is 2. The maximum Gasteiger partial charge on any atom is 0.276 e. The average molecular weight is 363 g/mol. The predicted molar refractivity (Wildman–Crippen MR) is 102 cm³/mol. The van der Waals surface area contributed by atoms with E-state index < -0.39 is 10.8 Å². The van der Waals surface area contributed by atoms with E-state index in [1.54, 1.807) is 42.5 Å². The lowest BCUT2D eigenvalue weighted by Gasteiger charge is -2.10. The molecule has 0 saturated heterocycles. The van der Waals surface area contributed by atoms with Crippen molar-refractivity contribution in [2.75, 3.05) is 11.9 Å². The van der Waals surface area contributed by atoms with Gasteiger partial charge >= 0.3 is 0 Å². The lowest BCUT2D eigenvalue weighted by molar-refractivity contribution is -0.385. The van der Waals surface area contributed by atoms with Gasteiger partial charge in [0.15, 0.2) is 0 Å². The van der Waals surface area contributed by atoms with Crippen molar-refractivity contribution in [1.82, 2.24) is 0 Å². The number of hydrogen-bond donors (Lipinski definition) is 1. The van der Waals surface area contributed by atoms with Gasteiger partial charge in [-0.3, -0.25) is 14.9 Å². The SMILES string of the molecule is CCOc1ccccc1NC(=O)/C(C#N)=C/C=C/c1ccccc1[N+](=O)[O-]. The number of rotatable bonds is 7. The van der Waals surface area contributed by atoms with E-state index in [-0.39, 0.29) is 11.3 Å². The average Bonchev–Trinajstić information content (AvgIpc) is 2.67. The van der Waals surface area contributed by atoms with Crippen LogP contribution in [0.1, 0.15) is 12.5 Å². The van der Waals surface area contributed by atoms with Crippen LogP contribution in [0.25, 0.3) is 6.08 Å². The third-order valence-electron chi connectivity index (χ3n) is 3.47. The number of nitro benzene ring substituents is 1. The van der Waals surface area contributed by atoms with E-state index in [4.69, 9.17) is 4.74 Å². The van der Waals surface area contributed by atoms with Gasteiger partial charge in [-0.25, -0.2) is 0 Å². The molecule has 1 amide bonds. The number of anilines is 1. The van der Waals surface area contributed by atoms with Gasteiger partial charge in [-0.2, -0.15) is 5.26 Å². The van der Waals surface area contributed by atoms with Crippen molar-refractivity contribution in [1.29, 1.82) is 5.26 Å². The molecule has 0 fully saturated rings. The van der Waals surface area contributed by atoms with Crippen LogP contribution in [0.2, 0.25) is 0 Å². The van der Waals surface area contributed by atoms with E-state index in [0.717, 1.165) is 0 Å². The Morgan fingerprint density at radius 3 is 2.67 bits per heavy atom. The largest absolute Gasteiger partial charge is 0.492 e. The van der Waals surface area contributed by atoms with Crippen molar-refractivity contribution in [3.05, 3.63) is 81.9 Å². The highest BCUT2D eigenvalue weighted by Gasteiger charge is 2.12. The molecule has 0 aliphatic heterocycles. The van der Waals surface area contributed by atoms with Crippen LogP contribution in [-0.4, -0.2) is 17.4 Å². The van der Waals surface area contributed by atoms with Crippen molar-refractivity contribution in [2.45, 2.75) is 6.92 Å². The Balaban J connectivity index is 2.18.